The predicted molar refractivity (Wildman–Crippen MR) is 76.9 cm³/mol. The lowest BCUT2D eigenvalue weighted by Gasteiger charge is -2.07. The van der Waals surface area contributed by atoms with E-state index in [2.05, 4.69) is 28.1 Å². The Morgan fingerprint density at radius 1 is 1.11 bits per heavy atom. The smallest absolute Gasteiger partial charge is 0.135 e. The van der Waals surface area contributed by atoms with Crippen molar-refractivity contribution in [2.75, 3.05) is 6.61 Å². The molecule has 0 fully saturated rings. The van der Waals surface area contributed by atoms with Crippen LogP contribution in [0.2, 0.25) is 0 Å². The third-order valence-electron chi connectivity index (χ3n) is 3.30. The van der Waals surface area contributed by atoms with E-state index in [0.717, 1.165) is 32.0 Å². The minimum atomic E-state index is 0.145. The summed E-state index contributed by atoms with van der Waals surface area (Å²) in [6.45, 7) is 2.17. The van der Waals surface area contributed by atoms with Crippen LogP contribution in [0.5, 0.6) is 0 Å². The quantitative estimate of drug-likeness (QED) is 0.759. The molecule has 0 amide bonds. The van der Waals surface area contributed by atoms with Gasteiger partial charge in [-0.05, 0) is 35.9 Å². The average Bonchev–Trinajstić information content (AvgIpc) is 2.75. The second-order valence-corrected chi connectivity index (χ2v) is 5.50. The molecular formula is C15H13BrO2. The second-order valence-electron chi connectivity index (χ2n) is 4.58. The van der Waals surface area contributed by atoms with Crippen molar-refractivity contribution in [2.45, 2.75) is 12.8 Å². The van der Waals surface area contributed by atoms with Gasteiger partial charge in [0.25, 0.3) is 0 Å². The average molecular weight is 305 g/mol. The number of benzene rings is 2. The zero-order valence-corrected chi connectivity index (χ0v) is 11.6. The van der Waals surface area contributed by atoms with Gasteiger partial charge in [-0.1, -0.05) is 28.9 Å². The van der Waals surface area contributed by atoms with Crippen molar-refractivity contribution in [3.63, 3.8) is 0 Å². The van der Waals surface area contributed by atoms with Gasteiger partial charge in [0.2, 0.25) is 0 Å². The lowest BCUT2D eigenvalue weighted by molar-refractivity contribution is 0.273. The second kappa shape index (κ2) is 4.41. The molecule has 0 radical (unpaired) electrons. The normalized spacial score (nSPS) is 13.3. The van der Waals surface area contributed by atoms with Gasteiger partial charge in [-0.3, -0.25) is 0 Å². The molecule has 2 nitrogen and oxygen atoms in total. The molecule has 0 spiro atoms. The molecule has 0 saturated carbocycles. The van der Waals surface area contributed by atoms with E-state index in [1.54, 1.807) is 0 Å². The first-order valence-corrected chi connectivity index (χ1v) is 6.71. The van der Waals surface area contributed by atoms with Gasteiger partial charge >= 0.3 is 0 Å². The van der Waals surface area contributed by atoms with Crippen LogP contribution in [0.4, 0.5) is 0 Å². The Hall–Kier alpha value is -1.32. The summed E-state index contributed by atoms with van der Waals surface area (Å²) in [5, 5.41) is 11.4. The predicted octanol–water partition coefficient (Wildman–Crippen LogP) is 4.44. The Labute approximate surface area is 113 Å². The number of aliphatic hydroxyl groups excluding tert-OH is 1. The molecule has 0 aliphatic rings. The van der Waals surface area contributed by atoms with Crippen molar-refractivity contribution in [1.29, 1.82) is 0 Å². The van der Waals surface area contributed by atoms with E-state index < -0.39 is 0 Å². The Morgan fingerprint density at radius 3 is 2.50 bits per heavy atom. The fourth-order valence-electron chi connectivity index (χ4n) is 2.18. The highest BCUT2D eigenvalue weighted by atomic mass is 79.9. The minimum Gasteiger partial charge on any atom is -0.456 e. The molecule has 0 aliphatic carbocycles. The van der Waals surface area contributed by atoms with Crippen LogP contribution in [0.1, 0.15) is 18.4 Å². The fraction of sp³-hybridized carbons (Fsp3) is 0.200. The van der Waals surface area contributed by atoms with Gasteiger partial charge in [0, 0.05) is 27.8 Å². The molecule has 3 heteroatoms. The third-order valence-corrected chi connectivity index (χ3v) is 3.79. The maximum absolute atomic E-state index is 9.24. The number of aliphatic hydroxyl groups is 1. The number of rotatable bonds is 2. The van der Waals surface area contributed by atoms with Gasteiger partial charge in [-0.25, -0.2) is 0 Å². The van der Waals surface area contributed by atoms with E-state index >= 15 is 0 Å². The van der Waals surface area contributed by atoms with Crippen LogP contribution in [0.3, 0.4) is 0 Å². The highest BCUT2D eigenvalue weighted by molar-refractivity contribution is 9.10. The molecule has 1 heterocycles. The molecule has 1 N–H and O–H groups in total. The summed E-state index contributed by atoms with van der Waals surface area (Å²) in [5.41, 5.74) is 2.91. The summed E-state index contributed by atoms with van der Waals surface area (Å²) < 4.78 is 6.83. The van der Waals surface area contributed by atoms with Crippen LogP contribution in [-0.2, 0) is 0 Å². The molecule has 0 saturated heterocycles. The summed E-state index contributed by atoms with van der Waals surface area (Å²) >= 11 is 3.48. The van der Waals surface area contributed by atoms with Gasteiger partial charge in [-0.2, -0.15) is 0 Å². The van der Waals surface area contributed by atoms with Crippen LogP contribution in [-0.4, -0.2) is 11.7 Å². The molecule has 0 aliphatic heterocycles. The van der Waals surface area contributed by atoms with Crippen molar-refractivity contribution in [3.05, 3.63) is 46.4 Å². The first kappa shape index (κ1) is 11.8. The molecule has 2 aromatic carbocycles. The summed E-state index contributed by atoms with van der Waals surface area (Å²) in [6.07, 6.45) is 0. The first-order chi connectivity index (χ1) is 8.69. The van der Waals surface area contributed by atoms with Crippen molar-refractivity contribution >= 4 is 37.9 Å². The van der Waals surface area contributed by atoms with Crippen molar-refractivity contribution in [3.8, 4) is 0 Å². The number of halogens is 1. The van der Waals surface area contributed by atoms with Crippen molar-refractivity contribution in [1.82, 2.24) is 0 Å². The number of furan rings is 1. The van der Waals surface area contributed by atoms with Gasteiger partial charge in [0.15, 0.2) is 0 Å². The lowest BCUT2D eigenvalue weighted by Crippen LogP contribution is -1.97. The zero-order chi connectivity index (χ0) is 12.7. The molecule has 92 valence electrons. The Balaban J connectivity index is 2.30. The van der Waals surface area contributed by atoms with Gasteiger partial charge in [-0.15, -0.1) is 0 Å². The SMILES string of the molecule is CC(CO)c1ccc2oc3ccc(Br)cc3c2c1. The van der Waals surface area contributed by atoms with Gasteiger partial charge < -0.3 is 9.52 Å². The summed E-state index contributed by atoms with van der Waals surface area (Å²) in [7, 11) is 0. The third kappa shape index (κ3) is 1.84. The van der Waals surface area contributed by atoms with E-state index in [1.807, 2.05) is 31.2 Å². The Morgan fingerprint density at radius 2 is 1.78 bits per heavy atom. The van der Waals surface area contributed by atoms with Gasteiger partial charge in [0.05, 0.1) is 0 Å². The maximum atomic E-state index is 9.24. The topological polar surface area (TPSA) is 33.4 Å². The summed E-state index contributed by atoms with van der Waals surface area (Å²) in [6, 6.07) is 12.1. The minimum absolute atomic E-state index is 0.145. The van der Waals surface area contributed by atoms with E-state index in [1.165, 1.54) is 0 Å². The number of hydrogen-bond donors (Lipinski definition) is 1. The lowest BCUT2D eigenvalue weighted by atomic mass is 10.00. The van der Waals surface area contributed by atoms with E-state index in [-0.39, 0.29) is 12.5 Å². The first-order valence-electron chi connectivity index (χ1n) is 5.91. The van der Waals surface area contributed by atoms with E-state index in [0.29, 0.717) is 0 Å². The van der Waals surface area contributed by atoms with Crippen LogP contribution < -0.4 is 0 Å². The molecular weight excluding hydrogens is 292 g/mol. The summed E-state index contributed by atoms with van der Waals surface area (Å²) in [4.78, 5) is 0. The molecule has 0 bridgehead atoms. The van der Waals surface area contributed by atoms with Gasteiger partial charge in [0.1, 0.15) is 11.2 Å². The van der Waals surface area contributed by atoms with E-state index in [9.17, 15) is 5.11 Å². The molecule has 1 atom stereocenters. The molecule has 1 unspecified atom stereocenters. The molecule has 18 heavy (non-hydrogen) atoms. The molecule has 3 rings (SSSR count). The zero-order valence-electron chi connectivity index (χ0n) is 9.98. The number of hydrogen-bond acceptors (Lipinski definition) is 2. The van der Waals surface area contributed by atoms with Crippen molar-refractivity contribution in [2.24, 2.45) is 0 Å². The molecule has 3 aromatic rings. The highest BCUT2D eigenvalue weighted by Gasteiger charge is 2.10. The standard InChI is InChI=1S/C15H13BrO2/c1-9(8-17)10-2-4-14-12(6-10)13-7-11(16)3-5-15(13)18-14/h2-7,9,17H,8H2,1H3. The largest absolute Gasteiger partial charge is 0.456 e. The van der Waals surface area contributed by atoms with Crippen LogP contribution >= 0.6 is 15.9 Å². The van der Waals surface area contributed by atoms with Crippen molar-refractivity contribution < 1.29 is 9.52 Å². The van der Waals surface area contributed by atoms with Crippen LogP contribution in [0.25, 0.3) is 21.9 Å². The monoisotopic (exact) mass is 304 g/mol. The summed E-state index contributed by atoms with van der Waals surface area (Å²) in [5.74, 6) is 0.145. The van der Waals surface area contributed by atoms with Crippen LogP contribution in [0, 0.1) is 0 Å². The fourth-order valence-corrected chi connectivity index (χ4v) is 2.54. The number of fused-ring (bicyclic) bond motifs is 3. The van der Waals surface area contributed by atoms with E-state index in [4.69, 9.17) is 4.42 Å². The van der Waals surface area contributed by atoms with Crippen LogP contribution in [0.15, 0.2) is 45.3 Å². The highest BCUT2D eigenvalue weighted by Crippen LogP contribution is 2.32. The Kier molecular flexibility index (Phi) is 2.88. The molecule has 1 aromatic heterocycles. The maximum Gasteiger partial charge on any atom is 0.135 e. The Bertz CT molecular complexity index is 715.